The van der Waals surface area contributed by atoms with Crippen molar-refractivity contribution in [3.05, 3.63) is 11.6 Å². The van der Waals surface area contributed by atoms with Gasteiger partial charge < -0.3 is 10.2 Å². The van der Waals surface area contributed by atoms with Gasteiger partial charge in [-0.25, -0.2) is 0 Å². The molecule has 0 heterocycles. The van der Waals surface area contributed by atoms with E-state index in [1.54, 1.807) is 0 Å². The zero-order valence-electron chi connectivity index (χ0n) is 13.7. The summed E-state index contributed by atoms with van der Waals surface area (Å²) in [5.74, 6) is 1.13. The van der Waals surface area contributed by atoms with Crippen molar-refractivity contribution in [2.75, 3.05) is 0 Å². The lowest BCUT2D eigenvalue weighted by Crippen LogP contribution is -2.40. The molecule has 0 spiro atoms. The van der Waals surface area contributed by atoms with E-state index in [1.165, 1.54) is 31.3 Å². The molecule has 3 unspecified atom stereocenters. The Bertz CT molecular complexity index is 366. The van der Waals surface area contributed by atoms with Crippen LogP contribution in [0.15, 0.2) is 11.6 Å². The summed E-state index contributed by atoms with van der Waals surface area (Å²) in [7, 11) is 0. The lowest BCUT2D eigenvalue weighted by atomic mass is 9.63. The normalized spacial score (nSPS) is 38.9. The molecule has 0 saturated heterocycles. The molecule has 2 N–H and O–H groups in total. The highest BCUT2D eigenvalue weighted by Gasteiger charge is 2.51. The molecule has 0 amide bonds. The first-order valence-electron chi connectivity index (χ1n) is 8.31. The number of fused-ring (bicyclic) bond motifs is 1. The van der Waals surface area contributed by atoms with Gasteiger partial charge in [0.05, 0.1) is 11.7 Å². The Kier molecular flexibility index (Phi) is 4.66. The topological polar surface area (TPSA) is 40.5 Å². The molecule has 116 valence electrons. The van der Waals surface area contributed by atoms with Gasteiger partial charge in [0.2, 0.25) is 0 Å². The summed E-state index contributed by atoms with van der Waals surface area (Å²) >= 11 is 0. The SMILES string of the molecule is C/C(=C\CCC(C)(C)O)C1CC[C@H]2C(O)CCCC12C. The van der Waals surface area contributed by atoms with Gasteiger partial charge in [0, 0.05) is 0 Å². The molecule has 2 aliphatic carbocycles. The summed E-state index contributed by atoms with van der Waals surface area (Å²) in [6.45, 7) is 8.40. The van der Waals surface area contributed by atoms with Gasteiger partial charge >= 0.3 is 0 Å². The van der Waals surface area contributed by atoms with Crippen LogP contribution in [0.25, 0.3) is 0 Å². The molecule has 0 radical (unpaired) electrons. The van der Waals surface area contributed by atoms with Crippen LogP contribution in [0.4, 0.5) is 0 Å². The quantitative estimate of drug-likeness (QED) is 0.762. The van der Waals surface area contributed by atoms with Crippen molar-refractivity contribution in [3.63, 3.8) is 0 Å². The average molecular weight is 280 g/mol. The standard InChI is InChI=1S/C18H32O2/c1-13(7-5-11-17(2,3)20)14-9-10-15-16(19)8-6-12-18(14,15)4/h7,14-16,19-20H,5-6,8-12H2,1-4H3/b13-7+/t14?,15-,16?,18?/m0/s1. The molecule has 0 aromatic rings. The summed E-state index contributed by atoms with van der Waals surface area (Å²) in [6, 6.07) is 0. The van der Waals surface area contributed by atoms with E-state index >= 15 is 0 Å². The molecule has 0 aromatic carbocycles. The number of allylic oxidation sites excluding steroid dienone is 2. The third-order valence-corrected chi connectivity index (χ3v) is 5.86. The van der Waals surface area contributed by atoms with Crippen molar-refractivity contribution < 1.29 is 10.2 Å². The minimum Gasteiger partial charge on any atom is -0.393 e. The van der Waals surface area contributed by atoms with E-state index in [-0.39, 0.29) is 6.10 Å². The predicted molar refractivity (Wildman–Crippen MR) is 83.5 cm³/mol. The van der Waals surface area contributed by atoms with Gasteiger partial charge in [0.25, 0.3) is 0 Å². The molecule has 2 aliphatic rings. The number of hydrogen-bond donors (Lipinski definition) is 2. The molecule has 2 saturated carbocycles. The molecule has 0 aromatic heterocycles. The lowest BCUT2D eigenvalue weighted by molar-refractivity contribution is -0.0110. The number of aliphatic hydroxyl groups is 2. The van der Waals surface area contributed by atoms with E-state index < -0.39 is 5.60 Å². The fourth-order valence-corrected chi connectivity index (χ4v) is 4.69. The first kappa shape index (κ1) is 16.0. The van der Waals surface area contributed by atoms with Gasteiger partial charge in [-0.2, -0.15) is 0 Å². The summed E-state index contributed by atoms with van der Waals surface area (Å²) in [4.78, 5) is 0. The molecule has 20 heavy (non-hydrogen) atoms. The number of aliphatic hydroxyl groups excluding tert-OH is 1. The molecule has 2 nitrogen and oxygen atoms in total. The summed E-state index contributed by atoms with van der Waals surface area (Å²) in [6.07, 6.45) is 9.85. The monoisotopic (exact) mass is 280 g/mol. The van der Waals surface area contributed by atoms with Crippen LogP contribution in [0.3, 0.4) is 0 Å². The zero-order chi connectivity index (χ0) is 15.0. The van der Waals surface area contributed by atoms with Crippen molar-refractivity contribution in [1.82, 2.24) is 0 Å². The van der Waals surface area contributed by atoms with E-state index in [4.69, 9.17) is 0 Å². The van der Waals surface area contributed by atoms with Gasteiger partial charge in [-0.05, 0) is 76.5 Å². The van der Waals surface area contributed by atoms with Crippen molar-refractivity contribution in [2.24, 2.45) is 17.3 Å². The van der Waals surface area contributed by atoms with Crippen LogP contribution in [0, 0.1) is 17.3 Å². The van der Waals surface area contributed by atoms with Crippen molar-refractivity contribution in [3.8, 4) is 0 Å². The van der Waals surface area contributed by atoms with Crippen molar-refractivity contribution >= 4 is 0 Å². The van der Waals surface area contributed by atoms with Crippen LogP contribution in [0.5, 0.6) is 0 Å². The second kappa shape index (κ2) is 5.81. The second-order valence-electron chi connectivity index (χ2n) is 8.00. The first-order valence-corrected chi connectivity index (χ1v) is 8.31. The highest BCUT2D eigenvalue weighted by molar-refractivity contribution is 5.15. The highest BCUT2D eigenvalue weighted by atomic mass is 16.3. The average Bonchev–Trinajstić information content (AvgIpc) is 2.66. The molecule has 2 heteroatoms. The fourth-order valence-electron chi connectivity index (χ4n) is 4.69. The Morgan fingerprint density at radius 3 is 2.65 bits per heavy atom. The molecule has 2 fully saturated rings. The molecule has 0 bridgehead atoms. The minimum atomic E-state index is -0.570. The molecule has 2 rings (SSSR count). The van der Waals surface area contributed by atoms with Gasteiger partial charge in [0.1, 0.15) is 0 Å². The number of hydrogen-bond acceptors (Lipinski definition) is 2. The van der Waals surface area contributed by atoms with E-state index in [1.807, 2.05) is 13.8 Å². The fraction of sp³-hybridized carbons (Fsp3) is 0.889. The number of rotatable bonds is 4. The molecular formula is C18H32O2. The summed E-state index contributed by atoms with van der Waals surface area (Å²) < 4.78 is 0. The smallest absolute Gasteiger partial charge is 0.0594 e. The Labute approximate surface area is 124 Å². The van der Waals surface area contributed by atoms with Gasteiger partial charge in [-0.15, -0.1) is 0 Å². The third kappa shape index (κ3) is 3.28. The van der Waals surface area contributed by atoms with Crippen LogP contribution < -0.4 is 0 Å². The largest absolute Gasteiger partial charge is 0.393 e. The second-order valence-corrected chi connectivity index (χ2v) is 8.00. The van der Waals surface area contributed by atoms with Crippen molar-refractivity contribution in [1.29, 1.82) is 0 Å². The molecular weight excluding hydrogens is 248 g/mol. The van der Waals surface area contributed by atoms with Crippen LogP contribution >= 0.6 is 0 Å². The van der Waals surface area contributed by atoms with E-state index in [9.17, 15) is 10.2 Å². The van der Waals surface area contributed by atoms with Gasteiger partial charge in [0.15, 0.2) is 0 Å². The minimum absolute atomic E-state index is 0.0806. The Morgan fingerprint density at radius 1 is 1.30 bits per heavy atom. The molecule has 4 atom stereocenters. The maximum absolute atomic E-state index is 10.3. The van der Waals surface area contributed by atoms with E-state index in [0.717, 1.165) is 19.3 Å². The maximum atomic E-state index is 10.3. The summed E-state index contributed by atoms with van der Waals surface area (Å²) in [5.41, 5.74) is 1.21. The lowest BCUT2D eigenvalue weighted by Gasteiger charge is -2.43. The Balaban J connectivity index is 2.03. The Morgan fingerprint density at radius 2 is 2.00 bits per heavy atom. The third-order valence-electron chi connectivity index (χ3n) is 5.86. The first-order chi connectivity index (χ1) is 9.24. The zero-order valence-corrected chi connectivity index (χ0v) is 13.7. The van der Waals surface area contributed by atoms with E-state index in [0.29, 0.717) is 17.3 Å². The van der Waals surface area contributed by atoms with Crippen molar-refractivity contribution in [2.45, 2.75) is 84.3 Å². The van der Waals surface area contributed by atoms with Crippen LogP contribution in [0.2, 0.25) is 0 Å². The van der Waals surface area contributed by atoms with E-state index in [2.05, 4.69) is 19.9 Å². The van der Waals surface area contributed by atoms with Crippen LogP contribution in [-0.4, -0.2) is 21.9 Å². The maximum Gasteiger partial charge on any atom is 0.0594 e. The molecule has 0 aliphatic heterocycles. The van der Waals surface area contributed by atoms with Gasteiger partial charge in [-0.3, -0.25) is 0 Å². The predicted octanol–water partition coefficient (Wildman–Crippen LogP) is 4.06. The highest BCUT2D eigenvalue weighted by Crippen LogP contribution is 2.57. The van der Waals surface area contributed by atoms with Crippen LogP contribution in [0.1, 0.15) is 72.6 Å². The Hall–Kier alpha value is -0.340. The summed E-state index contributed by atoms with van der Waals surface area (Å²) in [5, 5.41) is 20.1. The van der Waals surface area contributed by atoms with Gasteiger partial charge in [-0.1, -0.05) is 25.0 Å². The van der Waals surface area contributed by atoms with Crippen LogP contribution in [-0.2, 0) is 0 Å².